The lowest BCUT2D eigenvalue weighted by Crippen LogP contribution is -2.62. The third kappa shape index (κ3) is 11.4. The number of carbonyl (C=O) groups is 5. The number of hydrogen-bond donors (Lipinski definition) is 3. The topological polar surface area (TPSA) is 202 Å². The Labute approximate surface area is 432 Å². The minimum atomic E-state index is -1.40. The average molecular weight is 1020 g/mol. The molecule has 1 aliphatic carbocycles. The van der Waals surface area contributed by atoms with E-state index in [2.05, 4.69) is 53.2 Å². The van der Waals surface area contributed by atoms with E-state index in [1.807, 2.05) is 45.2 Å². The molecule has 7 atom stereocenters. The van der Waals surface area contributed by atoms with Crippen LogP contribution in [0.25, 0.3) is 33.3 Å². The van der Waals surface area contributed by atoms with Gasteiger partial charge in [-0.1, -0.05) is 39.8 Å². The molecular weight excluding hydrogens is 949 g/mol. The number of aryl methyl sites for hydroxylation is 1. The number of ether oxygens (including phenoxy) is 2. The van der Waals surface area contributed by atoms with E-state index < -0.39 is 75.3 Å². The Bertz CT molecular complexity index is 2750. The zero-order valence-corrected chi connectivity index (χ0v) is 45.1. The molecule has 4 amide bonds. The second-order valence-electron chi connectivity index (χ2n) is 22.6. The molecule has 4 aromatic rings. The maximum absolute atomic E-state index is 14.8. The first-order valence-corrected chi connectivity index (χ1v) is 26.8. The highest BCUT2D eigenvalue weighted by molar-refractivity contribution is 7.90. The Hall–Kier alpha value is -5.53. The molecule has 8 rings (SSSR count). The molecule has 1 saturated carbocycles. The molecule has 0 radical (unpaired) electrons. The molecule has 18 heteroatoms. The number of nitrogens with zero attached hydrogens (tertiary/aromatic N) is 6. The molecule has 3 N–H and O–H groups in total. The number of methoxy groups -OCH3 is 1. The first kappa shape index (κ1) is 53.8. The van der Waals surface area contributed by atoms with Gasteiger partial charge in [-0.05, 0) is 130 Å². The Morgan fingerprint density at radius 1 is 1.07 bits per heavy atom. The van der Waals surface area contributed by atoms with E-state index in [0.717, 1.165) is 51.7 Å². The summed E-state index contributed by atoms with van der Waals surface area (Å²) >= 11 is -1.40. The molecule has 5 heterocycles. The van der Waals surface area contributed by atoms with Crippen molar-refractivity contribution in [3.63, 3.8) is 0 Å². The SMILES string of the molecule is CCn1c(-c2cnccc2COC)c2c3cc(ccc31)-c1cc(O)cc(c1)C[C@H](NC(=O)[C@H](C(C)C)N(C)C(=O)CN(C)C(=O)[C@@H]1[C@H](C3CC3)N1[S+]([O-])C(C)(C)C)C(=O)N1CCC[C@H](N1)C(=O)OCC(C)(C)C2. The van der Waals surface area contributed by atoms with Crippen LogP contribution in [0.4, 0.5) is 0 Å². The number of phenolic OH excluding ortho intramolecular Hbond substituents is 1. The Balaban J connectivity index is 1.12. The number of pyridine rings is 1. The maximum Gasteiger partial charge on any atom is 0.324 e. The fourth-order valence-corrected chi connectivity index (χ4v) is 12.3. The number of amides is 4. The number of nitrogens with one attached hydrogen (secondary N) is 2. The van der Waals surface area contributed by atoms with Crippen LogP contribution in [0, 0.1) is 17.3 Å². The largest absolute Gasteiger partial charge is 0.597 e. The van der Waals surface area contributed by atoms with Crippen molar-refractivity contribution in [3.8, 4) is 28.1 Å². The number of phenols is 1. The normalized spacial score (nSPS) is 23.1. The van der Waals surface area contributed by atoms with Crippen molar-refractivity contribution < 1.29 is 43.1 Å². The highest BCUT2D eigenvalue weighted by Crippen LogP contribution is 2.51. The van der Waals surface area contributed by atoms with Crippen molar-refractivity contribution in [2.24, 2.45) is 17.3 Å². The number of carbonyl (C=O) groups excluding carboxylic acids is 5. The molecule has 73 heavy (non-hydrogen) atoms. The highest BCUT2D eigenvalue weighted by atomic mass is 32.2. The van der Waals surface area contributed by atoms with E-state index >= 15 is 0 Å². The van der Waals surface area contributed by atoms with Crippen LogP contribution >= 0.6 is 0 Å². The van der Waals surface area contributed by atoms with Gasteiger partial charge in [0.2, 0.25) is 17.7 Å². The number of aromatic nitrogens is 2. The number of aromatic hydroxyl groups is 1. The number of likely N-dealkylation sites (N-methyl/N-ethyl adjacent to an activating group) is 2. The first-order chi connectivity index (χ1) is 34.5. The molecule has 2 unspecified atom stereocenters. The summed E-state index contributed by atoms with van der Waals surface area (Å²) in [6.07, 6.45) is 6.96. The van der Waals surface area contributed by atoms with Gasteiger partial charge in [0, 0.05) is 86.4 Å². The van der Waals surface area contributed by atoms with Crippen LogP contribution in [-0.2, 0) is 70.8 Å². The predicted octanol–water partition coefficient (Wildman–Crippen LogP) is 5.76. The van der Waals surface area contributed by atoms with E-state index in [1.54, 1.807) is 50.6 Å². The fraction of sp³-hybridized carbons (Fsp3) is 0.564. The van der Waals surface area contributed by atoms with Gasteiger partial charge in [0.15, 0.2) is 6.04 Å². The minimum Gasteiger partial charge on any atom is -0.597 e. The summed E-state index contributed by atoms with van der Waals surface area (Å²) in [6, 6.07) is 9.52. The Kier molecular flexibility index (Phi) is 15.7. The number of hydrazine groups is 1. The van der Waals surface area contributed by atoms with Gasteiger partial charge >= 0.3 is 5.97 Å². The van der Waals surface area contributed by atoms with Crippen molar-refractivity contribution in [2.75, 3.05) is 40.9 Å². The van der Waals surface area contributed by atoms with E-state index in [4.69, 9.17) is 9.47 Å². The fourth-order valence-electron chi connectivity index (χ4n) is 10.8. The lowest BCUT2D eigenvalue weighted by molar-refractivity contribution is -0.155. The second-order valence-corrected chi connectivity index (χ2v) is 24.7. The van der Waals surface area contributed by atoms with E-state index in [0.29, 0.717) is 49.5 Å². The number of esters is 1. The van der Waals surface area contributed by atoms with Gasteiger partial charge in [-0.15, -0.1) is 4.31 Å². The highest BCUT2D eigenvalue weighted by Gasteiger charge is 2.67. The number of rotatable bonds is 13. The molecule has 3 fully saturated rings. The Morgan fingerprint density at radius 2 is 1.81 bits per heavy atom. The van der Waals surface area contributed by atoms with Gasteiger partial charge in [-0.3, -0.25) is 34.0 Å². The van der Waals surface area contributed by atoms with Gasteiger partial charge in [0.05, 0.1) is 31.5 Å². The van der Waals surface area contributed by atoms with Crippen molar-refractivity contribution in [1.82, 2.24) is 39.4 Å². The van der Waals surface area contributed by atoms with Crippen molar-refractivity contribution in [2.45, 2.75) is 142 Å². The minimum absolute atomic E-state index is 0.0300. The first-order valence-electron chi connectivity index (χ1n) is 25.7. The van der Waals surface area contributed by atoms with Crippen LogP contribution in [0.2, 0.25) is 0 Å². The summed E-state index contributed by atoms with van der Waals surface area (Å²) < 4.78 is 28.7. The Morgan fingerprint density at radius 3 is 2.48 bits per heavy atom. The van der Waals surface area contributed by atoms with Gasteiger partial charge in [0.25, 0.3) is 5.91 Å². The number of cyclic esters (lactones) is 1. The monoisotopic (exact) mass is 1020 g/mol. The molecule has 0 spiro atoms. The summed E-state index contributed by atoms with van der Waals surface area (Å²) in [6.45, 7) is 16.5. The van der Waals surface area contributed by atoms with Gasteiger partial charge < -0.3 is 38.8 Å². The van der Waals surface area contributed by atoms with Gasteiger partial charge in [-0.2, -0.15) is 0 Å². The molecule has 394 valence electrons. The zero-order chi connectivity index (χ0) is 52.8. The predicted molar refractivity (Wildman–Crippen MR) is 280 cm³/mol. The summed E-state index contributed by atoms with van der Waals surface area (Å²) in [5.41, 5.74) is 9.60. The molecule has 17 nitrogen and oxygen atoms in total. The van der Waals surface area contributed by atoms with E-state index in [9.17, 15) is 33.6 Å². The third-order valence-corrected chi connectivity index (χ3v) is 16.5. The number of benzene rings is 2. The molecule has 2 aromatic carbocycles. The lowest BCUT2D eigenvalue weighted by Gasteiger charge is -2.37. The lowest BCUT2D eigenvalue weighted by atomic mass is 9.84. The standard InChI is InChI=1S/C55H74N8O9S/c1-12-61-44-18-17-35-26-39(44)40(48(61)41-28-56-20-19-36(41)30-71-11)27-55(7,8)31-72-53(69)42-14-13-21-62(58-42)51(67)43(24-33-22-37(35)25-38(64)23-33)57-50(66)46(32(2)3)60(10)45(65)29-59(9)52(68)49-47(34-15-16-34)63(49)73(70)54(4,5)6/h17-20,22-23,25-26,28,32,34,42-43,46-47,49,58,64H,12-16,21,24,27,29-31H2,1-11H3,(H,57,66)/t42-,43-,46-,47-,49-,63?,73?/m0/s1. The molecular formula is C55H74N8O9S. The van der Waals surface area contributed by atoms with Gasteiger partial charge in [-0.25, -0.2) is 5.43 Å². The van der Waals surface area contributed by atoms with Crippen molar-refractivity contribution in [3.05, 3.63) is 71.5 Å². The van der Waals surface area contributed by atoms with Crippen LogP contribution in [0.15, 0.2) is 54.9 Å². The van der Waals surface area contributed by atoms with E-state index in [1.165, 1.54) is 21.9 Å². The molecule has 2 saturated heterocycles. The number of fused-ring (bicyclic) bond motifs is 6. The summed E-state index contributed by atoms with van der Waals surface area (Å²) in [5.74, 6) is -2.52. The smallest absolute Gasteiger partial charge is 0.324 e. The summed E-state index contributed by atoms with van der Waals surface area (Å²) in [7, 11) is 4.74. The van der Waals surface area contributed by atoms with Crippen LogP contribution < -0.4 is 10.7 Å². The molecule has 3 aliphatic heterocycles. The maximum atomic E-state index is 14.8. The molecule has 4 aliphatic rings. The van der Waals surface area contributed by atoms with Crippen molar-refractivity contribution >= 4 is 51.9 Å². The quantitative estimate of drug-likeness (QED) is 0.0833. The van der Waals surface area contributed by atoms with Crippen LogP contribution in [0.1, 0.15) is 97.8 Å². The van der Waals surface area contributed by atoms with Crippen molar-refractivity contribution in [1.29, 1.82) is 0 Å². The van der Waals surface area contributed by atoms with Crippen LogP contribution in [0.5, 0.6) is 5.75 Å². The number of hydrogen-bond acceptors (Lipinski definition) is 12. The molecule has 2 aromatic heterocycles. The third-order valence-electron chi connectivity index (χ3n) is 14.6. The second kappa shape index (κ2) is 21.4. The van der Waals surface area contributed by atoms with Gasteiger partial charge in [0.1, 0.15) is 28.6 Å². The van der Waals surface area contributed by atoms with Crippen LogP contribution in [0.3, 0.4) is 0 Å². The molecule has 6 bridgehead atoms. The summed E-state index contributed by atoms with van der Waals surface area (Å²) in [5, 5.41) is 16.7. The van der Waals surface area contributed by atoms with Crippen LogP contribution in [-0.4, -0.2) is 144 Å². The average Bonchev–Trinajstić information content (AvgIpc) is 4.28. The summed E-state index contributed by atoms with van der Waals surface area (Å²) in [4.78, 5) is 78.7. The zero-order valence-electron chi connectivity index (χ0n) is 44.3. The van der Waals surface area contributed by atoms with E-state index in [-0.39, 0.29) is 43.8 Å².